The van der Waals surface area contributed by atoms with Crippen molar-refractivity contribution in [3.63, 3.8) is 0 Å². The molecule has 3 aliphatic rings. The fraction of sp³-hybridized carbons (Fsp3) is 0.778. The molecule has 0 aromatic heterocycles. The van der Waals surface area contributed by atoms with E-state index in [0.717, 1.165) is 25.9 Å². The molecule has 76 valence electrons. The SMILES string of the molecule is NC1=NC(=O)NC12CCN1CCCC12. The van der Waals surface area contributed by atoms with Crippen molar-refractivity contribution < 1.29 is 4.79 Å². The Kier molecular flexibility index (Phi) is 1.45. The Morgan fingerprint density at radius 3 is 3.14 bits per heavy atom. The topological polar surface area (TPSA) is 70.7 Å². The van der Waals surface area contributed by atoms with Crippen LogP contribution in [0.1, 0.15) is 19.3 Å². The van der Waals surface area contributed by atoms with E-state index in [0.29, 0.717) is 11.9 Å². The monoisotopic (exact) mass is 194 g/mol. The molecule has 3 aliphatic heterocycles. The first kappa shape index (κ1) is 8.23. The lowest BCUT2D eigenvalue weighted by Crippen LogP contribution is -2.58. The third-order valence-corrected chi connectivity index (χ3v) is 3.73. The summed E-state index contributed by atoms with van der Waals surface area (Å²) in [7, 11) is 0. The maximum Gasteiger partial charge on any atom is 0.343 e. The largest absolute Gasteiger partial charge is 0.385 e. The molecule has 0 aromatic rings. The van der Waals surface area contributed by atoms with Gasteiger partial charge in [0, 0.05) is 12.6 Å². The molecular formula is C9H14N4O. The van der Waals surface area contributed by atoms with Crippen LogP contribution in [-0.4, -0.2) is 41.4 Å². The molecule has 0 radical (unpaired) electrons. The number of amidine groups is 1. The van der Waals surface area contributed by atoms with Gasteiger partial charge in [-0.05, 0) is 25.8 Å². The number of urea groups is 1. The molecule has 2 amide bonds. The normalized spacial score (nSPS) is 41.6. The van der Waals surface area contributed by atoms with Gasteiger partial charge in [0.1, 0.15) is 11.4 Å². The van der Waals surface area contributed by atoms with Crippen LogP contribution in [0, 0.1) is 0 Å². The van der Waals surface area contributed by atoms with Gasteiger partial charge in [-0.1, -0.05) is 0 Å². The summed E-state index contributed by atoms with van der Waals surface area (Å²) in [5.74, 6) is 0.497. The second-order valence-corrected chi connectivity index (χ2v) is 4.34. The number of carbonyl (C=O) groups is 1. The van der Waals surface area contributed by atoms with Crippen LogP contribution < -0.4 is 11.1 Å². The Morgan fingerprint density at radius 1 is 1.57 bits per heavy atom. The van der Waals surface area contributed by atoms with Gasteiger partial charge in [-0.3, -0.25) is 4.90 Å². The quantitative estimate of drug-likeness (QED) is 0.555. The smallest absolute Gasteiger partial charge is 0.343 e. The average Bonchev–Trinajstić information content (AvgIpc) is 2.73. The van der Waals surface area contributed by atoms with Crippen LogP contribution in [0.3, 0.4) is 0 Å². The maximum atomic E-state index is 11.2. The van der Waals surface area contributed by atoms with Crippen molar-refractivity contribution in [1.29, 1.82) is 0 Å². The van der Waals surface area contributed by atoms with Crippen molar-refractivity contribution in [1.82, 2.24) is 10.2 Å². The van der Waals surface area contributed by atoms with E-state index in [-0.39, 0.29) is 11.6 Å². The molecule has 2 unspecified atom stereocenters. The van der Waals surface area contributed by atoms with Crippen LogP contribution >= 0.6 is 0 Å². The highest BCUT2D eigenvalue weighted by atomic mass is 16.2. The van der Waals surface area contributed by atoms with Gasteiger partial charge in [-0.2, -0.15) is 4.99 Å². The highest BCUT2D eigenvalue weighted by Crippen LogP contribution is 2.37. The molecule has 2 fully saturated rings. The van der Waals surface area contributed by atoms with Gasteiger partial charge in [-0.15, -0.1) is 0 Å². The minimum atomic E-state index is -0.326. The second-order valence-electron chi connectivity index (χ2n) is 4.34. The van der Waals surface area contributed by atoms with Crippen molar-refractivity contribution in [2.45, 2.75) is 30.8 Å². The van der Waals surface area contributed by atoms with Crippen LogP contribution in [0.25, 0.3) is 0 Å². The molecule has 3 heterocycles. The lowest BCUT2D eigenvalue weighted by Gasteiger charge is -2.30. The summed E-state index contributed by atoms with van der Waals surface area (Å²) < 4.78 is 0. The first-order valence-electron chi connectivity index (χ1n) is 5.13. The average molecular weight is 194 g/mol. The molecule has 0 saturated carbocycles. The van der Waals surface area contributed by atoms with Gasteiger partial charge >= 0.3 is 6.03 Å². The fourth-order valence-corrected chi connectivity index (χ4v) is 3.07. The lowest BCUT2D eigenvalue weighted by molar-refractivity contribution is 0.237. The van der Waals surface area contributed by atoms with Crippen LogP contribution in [-0.2, 0) is 0 Å². The Bertz CT molecular complexity index is 327. The predicted molar refractivity (Wildman–Crippen MR) is 52.1 cm³/mol. The van der Waals surface area contributed by atoms with E-state index in [1.807, 2.05) is 0 Å². The number of hydrogen-bond acceptors (Lipinski definition) is 3. The number of nitrogens with one attached hydrogen (secondary N) is 1. The molecule has 0 aliphatic carbocycles. The summed E-state index contributed by atoms with van der Waals surface area (Å²) >= 11 is 0. The summed E-state index contributed by atoms with van der Waals surface area (Å²) in [5.41, 5.74) is 5.54. The zero-order chi connectivity index (χ0) is 9.76. The third-order valence-electron chi connectivity index (χ3n) is 3.73. The van der Waals surface area contributed by atoms with Crippen LogP contribution in [0.4, 0.5) is 4.79 Å². The van der Waals surface area contributed by atoms with E-state index in [1.54, 1.807) is 0 Å². The zero-order valence-electron chi connectivity index (χ0n) is 7.99. The highest BCUT2D eigenvalue weighted by molar-refractivity contribution is 6.06. The number of aliphatic imine (C=N–C) groups is 1. The standard InChI is InChI=1S/C9H14N4O/c10-7-9(12-8(14)11-7)3-5-13-4-1-2-6(9)13/h6H,1-5H2,(H3,10,11,12,14). The molecule has 0 bridgehead atoms. The molecule has 2 saturated heterocycles. The van der Waals surface area contributed by atoms with E-state index >= 15 is 0 Å². The lowest BCUT2D eigenvalue weighted by atomic mass is 9.88. The van der Waals surface area contributed by atoms with Gasteiger partial charge in [0.2, 0.25) is 0 Å². The predicted octanol–water partition coefficient (Wildman–Crippen LogP) is -0.326. The summed E-state index contributed by atoms with van der Waals surface area (Å²) in [6.07, 6.45) is 3.24. The minimum absolute atomic E-state index is 0.267. The first-order chi connectivity index (χ1) is 6.72. The summed E-state index contributed by atoms with van der Waals surface area (Å²) in [6.45, 7) is 2.16. The number of amides is 2. The molecule has 0 aromatic carbocycles. The first-order valence-corrected chi connectivity index (χ1v) is 5.13. The summed E-state index contributed by atoms with van der Waals surface area (Å²) in [6, 6.07) is 0.119. The number of fused-ring (bicyclic) bond motifs is 2. The number of carbonyl (C=O) groups excluding carboxylic acids is 1. The van der Waals surface area contributed by atoms with Gasteiger partial charge in [0.25, 0.3) is 0 Å². The van der Waals surface area contributed by atoms with Crippen LogP contribution in [0.5, 0.6) is 0 Å². The second kappa shape index (κ2) is 2.48. The molecule has 5 heteroatoms. The number of rotatable bonds is 0. The molecule has 2 atom stereocenters. The van der Waals surface area contributed by atoms with E-state index in [9.17, 15) is 4.79 Å². The van der Waals surface area contributed by atoms with Crippen LogP contribution in [0.15, 0.2) is 4.99 Å². The highest BCUT2D eigenvalue weighted by Gasteiger charge is 2.55. The van der Waals surface area contributed by atoms with Crippen molar-refractivity contribution >= 4 is 11.9 Å². The van der Waals surface area contributed by atoms with E-state index < -0.39 is 0 Å². The molecular weight excluding hydrogens is 180 g/mol. The van der Waals surface area contributed by atoms with Gasteiger partial charge in [0.05, 0.1) is 0 Å². The molecule has 14 heavy (non-hydrogen) atoms. The zero-order valence-corrected chi connectivity index (χ0v) is 7.99. The molecule has 3 rings (SSSR count). The summed E-state index contributed by atoms with van der Waals surface area (Å²) in [4.78, 5) is 17.4. The number of nitrogens with two attached hydrogens (primary N) is 1. The van der Waals surface area contributed by atoms with Crippen LogP contribution in [0.2, 0.25) is 0 Å². The Hall–Kier alpha value is -1.10. The number of hydrogen-bond donors (Lipinski definition) is 2. The van der Waals surface area contributed by atoms with Crippen molar-refractivity contribution in [3.05, 3.63) is 0 Å². The Balaban J connectivity index is 1.98. The molecule has 3 N–H and O–H groups in total. The van der Waals surface area contributed by atoms with E-state index in [4.69, 9.17) is 5.73 Å². The van der Waals surface area contributed by atoms with Gasteiger partial charge in [-0.25, -0.2) is 4.79 Å². The Labute approximate surface area is 82.3 Å². The van der Waals surface area contributed by atoms with Gasteiger partial charge in [0.15, 0.2) is 0 Å². The fourth-order valence-electron chi connectivity index (χ4n) is 3.07. The minimum Gasteiger partial charge on any atom is -0.385 e. The number of nitrogens with zero attached hydrogens (tertiary/aromatic N) is 2. The molecule has 5 nitrogen and oxygen atoms in total. The Morgan fingerprint density at radius 2 is 2.43 bits per heavy atom. The third kappa shape index (κ3) is 0.829. The van der Waals surface area contributed by atoms with E-state index in [2.05, 4.69) is 15.2 Å². The van der Waals surface area contributed by atoms with Gasteiger partial charge < -0.3 is 11.1 Å². The summed E-state index contributed by atoms with van der Waals surface area (Å²) in [5, 5.41) is 2.94. The van der Waals surface area contributed by atoms with Crippen molar-refractivity contribution in [2.24, 2.45) is 10.7 Å². The van der Waals surface area contributed by atoms with E-state index in [1.165, 1.54) is 6.42 Å². The van der Waals surface area contributed by atoms with Crippen molar-refractivity contribution in [2.75, 3.05) is 13.1 Å². The molecule has 1 spiro atoms. The van der Waals surface area contributed by atoms with Crippen molar-refractivity contribution in [3.8, 4) is 0 Å². The maximum absolute atomic E-state index is 11.2.